The van der Waals surface area contributed by atoms with E-state index in [4.69, 9.17) is 10.7 Å². The Bertz CT molecular complexity index is 236. The number of rotatable bonds is 3. The van der Waals surface area contributed by atoms with Crippen molar-refractivity contribution in [3.63, 3.8) is 0 Å². The summed E-state index contributed by atoms with van der Waals surface area (Å²) in [5.41, 5.74) is 0. The van der Waals surface area contributed by atoms with E-state index < -0.39 is 9.05 Å². The van der Waals surface area contributed by atoms with Gasteiger partial charge in [0.25, 0.3) is 0 Å². The van der Waals surface area contributed by atoms with Crippen molar-refractivity contribution >= 4 is 32.1 Å². The Kier molecular flexibility index (Phi) is 4.34. The fraction of sp³-hybridized carbons (Fsp3) is 1.00. The summed E-state index contributed by atoms with van der Waals surface area (Å²) >= 11 is 0. The molecule has 1 saturated carbocycles. The molecule has 12 heavy (non-hydrogen) atoms. The van der Waals surface area contributed by atoms with E-state index in [1.165, 1.54) is 0 Å². The molecular formula is C7H14Cl2O2S. The second-order valence-corrected chi connectivity index (χ2v) is 6.49. The molecule has 1 aliphatic rings. The van der Waals surface area contributed by atoms with Gasteiger partial charge in [-0.1, -0.05) is 13.8 Å². The summed E-state index contributed by atoms with van der Waals surface area (Å²) in [6, 6.07) is 0. The van der Waals surface area contributed by atoms with Crippen molar-refractivity contribution in [2.45, 2.75) is 31.9 Å². The third-order valence-corrected chi connectivity index (χ3v) is 3.98. The first-order valence-electron chi connectivity index (χ1n) is 3.84. The first kappa shape index (κ1) is 12.5. The lowest BCUT2D eigenvalue weighted by molar-refractivity contribution is 0.537. The van der Waals surface area contributed by atoms with Crippen LogP contribution in [0.5, 0.6) is 0 Å². The summed E-state index contributed by atoms with van der Waals surface area (Å²) in [5.74, 6) is 0.904. The van der Waals surface area contributed by atoms with Gasteiger partial charge in [-0.05, 0) is 24.7 Å². The van der Waals surface area contributed by atoms with Crippen molar-refractivity contribution in [2.24, 2.45) is 11.8 Å². The van der Waals surface area contributed by atoms with Crippen LogP contribution in [0.1, 0.15) is 26.7 Å². The van der Waals surface area contributed by atoms with Crippen LogP contribution in [0.15, 0.2) is 0 Å². The van der Waals surface area contributed by atoms with Gasteiger partial charge in [-0.3, -0.25) is 0 Å². The highest BCUT2D eigenvalue weighted by atomic mass is 35.7. The van der Waals surface area contributed by atoms with Crippen LogP contribution in [0.4, 0.5) is 0 Å². The molecule has 2 nitrogen and oxygen atoms in total. The van der Waals surface area contributed by atoms with Gasteiger partial charge in [0.05, 0.1) is 5.25 Å². The van der Waals surface area contributed by atoms with Crippen LogP contribution in [0.3, 0.4) is 0 Å². The Labute approximate surface area is 84.5 Å². The summed E-state index contributed by atoms with van der Waals surface area (Å²) in [6.07, 6.45) is 1.75. The molecule has 0 spiro atoms. The van der Waals surface area contributed by atoms with E-state index in [-0.39, 0.29) is 17.7 Å². The fourth-order valence-electron chi connectivity index (χ4n) is 1.42. The van der Waals surface area contributed by atoms with Crippen LogP contribution < -0.4 is 0 Å². The van der Waals surface area contributed by atoms with Gasteiger partial charge < -0.3 is 0 Å². The summed E-state index contributed by atoms with van der Waals surface area (Å²) in [6.45, 7) is 4.19. The Balaban J connectivity index is 0.00000121. The highest BCUT2D eigenvalue weighted by molar-refractivity contribution is 8.14. The summed E-state index contributed by atoms with van der Waals surface area (Å²) in [5, 5.41) is -0.244. The molecule has 0 aromatic rings. The fourth-order valence-corrected chi connectivity index (χ4v) is 3.12. The molecule has 0 saturated heterocycles. The van der Waals surface area contributed by atoms with Gasteiger partial charge in [0, 0.05) is 10.7 Å². The maximum Gasteiger partial charge on any atom is 0.235 e. The molecule has 1 fully saturated rings. The smallest absolute Gasteiger partial charge is 0.212 e. The molecule has 0 amide bonds. The van der Waals surface area contributed by atoms with Crippen LogP contribution in [0, 0.1) is 11.8 Å². The van der Waals surface area contributed by atoms with Gasteiger partial charge in [0.2, 0.25) is 9.05 Å². The molecule has 74 valence electrons. The number of hydrogen-bond acceptors (Lipinski definition) is 2. The zero-order valence-corrected chi connectivity index (χ0v) is 9.55. The van der Waals surface area contributed by atoms with Gasteiger partial charge in [0.15, 0.2) is 0 Å². The normalized spacial score (nSPS) is 28.3. The molecule has 0 aromatic carbocycles. The average Bonchev–Trinajstić information content (AvgIpc) is 2.40. The van der Waals surface area contributed by atoms with Gasteiger partial charge in [-0.15, -0.1) is 12.4 Å². The molecular weight excluding hydrogens is 219 g/mol. The lowest BCUT2D eigenvalue weighted by Gasteiger charge is -2.00. The second-order valence-electron chi connectivity index (χ2n) is 3.64. The van der Waals surface area contributed by atoms with E-state index in [1.807, 2.05) is 0 Å². The summed E-state index contributed by atoms with van der Waals surface area (Å²) < 4.78 is 21.5. The molecule has 0 bridgehead atoms. The minimum atomic E-state index is -3.25. The lowest BCUT2D eigenvalue weighted by atomic mass is 10.1. The van der Waals surface area contributed by atoms with Crippen molar-refractivity contribution < 1.29 is 8.42 Å². The minimum absolute atomic E-state index is 0. The van der Waals surface area contributed by atoms with Crippen LogP contribution in [-0.4, -0.2) is 13.7 Å². The Hall–Kier alpha value is 0.530. The minimum Gasteiger partial charge on any atom is -0.212 e. The zero-order valence-electron chi connectivity index (χ0n) is 7.16. The van der Waals surface area contributed by atoms with Crippen molar-refractivity contribution in [1.29, 1.82) is 0 Å². The van der Waals surface area contributed by atoms with E-state index in [2.05, 4.69) is 13.8 Å². The third kappa shape index (κ3) is 3.50. The van der Waals surface area contributed by atoms with Crippen molar-refractivity contribution in [3.8, 4) is 0 Å². The predicted molar refractivity (Wildman–Crippen MR) is 53.4 cm³/mol. The first-order chi connectivity index (χ1) is 4.91. The van der Waals surface area contributed by atoms with Crippen molar-refractivity contribution in [2.75, 3.05) is 0 Å². The van der Waals surface area contributed by atoms with Gasteiger partial charge in [-0.25, -0.2) is 8.42 Å². The molecule has 0 N–H and O–H groups in total. The van der Waals surface area contributed by atoms with Gasteiger partial charge >= 0.3 is 0 Å². The monoisotopic (exact) mass is 232 g/mol. The zero-order chi connectivity index (χ0) is 8.65. The molecule has 2 atom stereocenters. The SMILES string of the molecule is CC(C)CC1CC1S(=O)(=O)Cl.Cl. The maximum absolute atomic E-state index is 10.8. The Morgan fingerprint density at radius 3 is 2.25 bits per heavy atom. The molecule has 0 heterocycles. The van der Waals surface area contributed by atoms with Gasteiger partial charge in [-0.2, -0.15) is 0 Å². The standard InChI is InChI=1S/C7H13ClO2S.ClH/c1-5(2)3-6-4-7(6)11(8,9)10;/h5-7H,3-4H2,1-2H3;1H. The van der Waals surface area contributed by atoms with E-state index in [9.17, 15) is 8.42 Å². The molecule has 0 radical (unpaired) electrons. The van der Waals surface area contributed by atoms with Gasteiger partial charge in [0.1, 0.15) is 0 Å². The predicted octanol–water partition coefficient (Wildman–Crippen LogP) is 2.41. The van der Waals surface area contributed by atoms with Crippen LogP contribution in [0.25, 0.3) is 0 Å². The average molecular weight is 233 g/mol. The Morgan fingerprint density at radius 1 is 1.50 bits per heavy atom. The molecule has 1 aliphatic carbocycles. The van der Waals surface area contributed by atoms with E-state index >= 15 is 0 Å². The summed E-state index contributed by atoms with van der Waals surface area (Å²) in [4.78, 5) is 0. The largest absolute Gasteiger partial charge is 0.235 e. The number of hydrogen-bond donors (Lipinski definition) is 0. The van der Waals surface area contributed by atoms with E-state index in [0.717, 1.165) is 12.8 Å². The molecule has 0 aromatic heterocycles. The molecule has 2 unspecified atom stereocenters. The third-order valence-electron chi connectivity index (χ3n) is 1.99. The molecule has 5 heteroatoms. The van der Waals surface area contributed by atoms with Crippen molar-refractivity contribution in [1.82, 2.24) is 0 Å². The highest BCUT2D eigenvalue weighted by Gasteiger charge is 2.46. The second kappa shape index (κ2) is 4.16. The van der Waals surface area contributed by atoms with Crippen LogP contribution >= 0.6 is 23.1 Å². The molecule has 1 rings (SSSR count). The number of halogens is 2. The van der Waals surface area contributed by atoms with Crippen molar-refractivity contribution in [3.05, 3.63) is 0 Å². The quantitative estimate of drug-likeness (QED) is 0.701. The van der Waals surface area contributed by atoms with E-state index in [1.54, 1.807) is 0 Å². The van der Waals surface area contributed by atoms with E-state index in [0.29, 0.717) is 11.8 Å². The topological polar surface area (TPSA) is 34.1 Å². The maximum atomic E-state index is 10.8. The lowest BCUT2D eigenvalue weighted by Crippen LogP contribution is -2.01. The summed E-state index contributed by atoms with van der Waals surface area (Å²) in [7, 11) is 1.93. The first-order valence-corrected chi connectivity index (χ1v) is 6.22. The van der Waals surface area contributed by atoms with Crippen LogP contribution in [-0.2, 0) is 9.05 Å². The Morgan fingerprint density at radius 2 is 2.00 bits per heavy atom. The van der Waals surface area contributed by atoms with Crippen LogP contribution in [0.2, 0.25) is 0 Å². The highest BCUT2D eigenvalue weighted by Crippen LogP contribution is 2.43. The molecule has 0 aliphatic heterocycles.